The Morgan fingerprint density at radius 1 is 1.65 bits per heavy atom. The Morgan fingerprint density at radius 3 is 2.88 bits per heavy atom. The Balaban J connectivity index is 2.69. The Bertz CT molecular complexity index is 456. The Morgan fingerprint density at radius 2 is 2.35 bits per heavy atom. The summed E-state index contributed by atoms with van der Waals surface area (Å²) in [6.07, 6.45) is 0.331. The molecule has 0 saturated heterocycles. The molecule has 1 aromatic carbocycles. The number of halogens is 1. The van der Waals surface area contributed by atoms with E-state index in [0.29, 0.717) is 17.0 Å². The number of thioether (sulfide) groups is 1. The quantitative estimate of drug-likeness (QED) is 0.622. The first-order valence-corrected chi connectivity index (χ1v) is 6.25. The standard InChI is InChI=1S/C12H12ClNO2S/c1-8(5-12(15)16-2)17-11-4-3-9(7-14)6-10(11)13/h3-4,6,8H,5H2,1-2H3. The van der Waals surface area contributed by atoms with Gasteiger partial charge in [0.2, 0.25) is 0 Å². The number of carbonyl (C=O) groups excluding carboxylic acids is 1. The zero-order valence-corrected chi connectivity index (χ0v) is 11.1. The van der Waals surface area contributed by atoms with Gasteiger partial charge in [-0.25, -0.2) is 0 Å². The van der Waals surface area contributed by atoms with E-state index in [1.54, 1.807) is 18.2 Å². The molecule has 1 rings (SSSR count). The first-order valence-electron chi connectivity index (χ1n) is 5.00. The number of hydrogen-bond donors (Lipinski definition) is 0. The second-order valence-corrected chi connectivity index (χ2v) is 5.35. The molecule has 0 aliphatic carbocycles. The summed E-state index contributed by atoms with van der Waals surface area (Å²) in [7, 11) is 1.37. The smallest absolute Gasteiger partial charge is 0.306 e. The highest BCUT2D eigenvalue weighted by Crippen LogP contribution is 2.32. The first-order chi connectivity index (χ1) is 8.06. The van der Waals surface area contributed by atoms with Crippen molar-refractivity contribution in [3.8, 4) is 6.07 Å². The monoisotopic (exact) mass is 269 g/mol. The van der Waals surface area contributed by atoms with Gasteiger partial charge in [-0.2, -0.15) is 5.26 Å². The number of esters is 1. The van der Waals surface area contributed by atoms with Crippen molar-refractivity contribution in [2.75, 3.05) is 7.11 Å². The van der Waals surface area contributed by atoms with Crippen LogP contribution in [0.4, 0.5) is 0 Å². The molecule has 0 aromatic heterocycles. The highest BCUT2D eigenvalue weighted by molar-refractivity contribution is 8.00. The van der Waals surface area contributed by atoms with Crippen LogP contribution in [0.2, 0.25) is 5.02 Å². The SMILES string of the molecule is COC(=O)CC(C)Sc1ccc(C#N)cc1Cl. The van der Waals surface area contributed by atoms with Crippen molar-refractivity contribution in [3.05, 3.63) is 28.8 Å². The van der Waals surface area contributed by atoms with Crippen LogP contribution >= 0.6 is 23.4 Å². The molecular formula is C12H12ClNO2S. The third-order valence-electron chi connectivity index (χ3n) is 2.07. The van der Waals surface area contributed by atoms with E-state index in [9.17, 15) is 4.79 Å². The van der Waals surface area contributed by atoms with E-state index < -0.39 is 0 Å². The second kappa shape index (κ2) is 6.53. The van der Waals surface area contributed by atoms with Gasteiger partial charge >= 0.3 is 5.97 Å². The van der Waals surface area contributed by atoms with Crippen molar-refractivity contribution in [2.45, 2.75) is 23.5 Å². The molecule has 0 amide bonds. The molecule has 0 bridgehead atoms. The lowest BCUT2D eigenvalue weighted by Gasteiger charge is -2.10. The summed E-state index contributed by atoms with van der Waals surface area (Å²) < 4.78 is 4.60. The minimum Gasteiger partial charge on any atom is -0.469 e. The molecule has 3 nitrogen and oxygen atoms in total. The van der Waals surface area contributed by atoms with Gasteiger partial charge in [0.15, 0.2) is 0 Å². The first kappa shape index (κ1) is 13.9. The number of nitriles is 1. The van der Waals surface area contributed by atoms with E-state index in [2.05, 4.69) is 4.74 Å². The van der Waals surface area contributed by atoms with Gasteiger partial charge in [0, 0.05) is 10.1 Å². The highest BCUT2D eigenvalue weighted by atomic mass is 35.5. The molecule has 0 radical (unpaired) electrons. The van der Waals surface area contributed by atoms with Crippen LogP contribution in [-0.2, 0) is 9.53 Å². The van der Waals surface area contributed by atoms with Crippen LogP contribution in [0.5, 0.6) is 0 Å². The van der Waals surface area contributed by atoms with Gasteiger partial charge in [0.05, 0.1) is 30.2 Å². The zero-order valence-electron chi connectivity index (χ0n) is 9.57. The van der Waals surface area contributed by atoms with Gasteiger partial charge in [0.1, 0.15) is 0 Å². The zero-order chi connectivity index (χ0) is 12.8. The minimum absolute atomic E-state index is 0.0767. The van der Waals surface area contributed by atoms with Crippen LogP contribution in [0, 0.1) is 11.3 Å². The molecule has 1 aromatic rings. The van der Waals surface area contributed by atoms with Gasteiger partial charge in [-0.1, -0.05) is 18.5 Å². The molecular weight excluding hydrogens is 258 g/mol. The number of methoxy groups -OCH3 is 1. The summed E-state index contributed by atoms with van der Waals surface area (Å²) in [5.41, 5.74) is 0.528. The summed E-state index contributed by atoms with van der Waals surface area (Å²) in [6, 6.07) is 7.14. The van der Waals surface area contributed by atoms with Crippen LogP contribution < -0.4 is 0 Å². The van der Waals surface area contributed by atoms with Crippen molar-refractivity contribution in [2.24, 2.45) is 0 Å². The van der Waals surface area contributed by atoms with E-state index >= 15 is 0 Å². The van der Waals surface area contributed by atoms with Gasteiger partial charge in [-0.15, -0.1) is 11.8 Å². The molecule has 0 fully saturated rings. The van der Waals surface area contributed by atoms with E-state index in [4.69, 9.17) is 16.9 Å². The van der Waals surface area contributed by atoms with Crippen LogP contribution in [0.25, 0.3) is 0 Å². The van der Waals surface area contributed by atoms with Crippen molar-refractivity contribution in [1.29, 1.82) is 5.26 Å². The van der Waals surface area contributed by atoms with Crippen LogP contribution in [-0.4, -0.2) is 18.3 Å². The Labute approximate surface area is 110 Å². The number of ether oxygens (including phenoxy) is 1. The fourth-order valence-corrected chi connectivity index (χ4v) is 2.53. The number of carbonyl (C=O) groups is 1. The molecule has 1 unspecified atom stereocenters. The third kappa shape index (κ3) is 4.29. The van der Waals surface area contributed by atoms with Gasteiger partial charge < -0.3 is 4.74 Å². The maximum absolute atomic E-state index is 11.1. The number of hydrogen-bond acceptors (Lipinski definition) is 4. The fraction of sp³-hybridized carbons (Fsp3) is 0.333. The predicted molar refractivity (Wildman–Crippen MR) is 68.1 cm³/mol. The fourth-order valence-electron chi connectivity index (χ4n) is 1.24. The van der Waals surface area contributed by atoms with Crippen molar-refractivity contribution in [1.82, 2.24) is 0 Å². The molecule has 0 aliphatic rings. The summed E-state index contributed by atoms with van der Waals surface area (Å²) >= 11 is 7.53. The van der Waals surface area contributed by atoms with Crippen LogP contribution in [0.1, 0.15) is 18.9 Å². The summed E-state index contributed by atoms with van der Waals surface area (Å²) in [4.78, 5) is 11.9. The predicted octanol–water partition coefficient (Wildman–Crippen LogP) is 3.26. The largest absolute Gasteiger partial charge is 0.469 e. The number of rotatable bonds is 4. The van der Waals surface area contributed by atoms with Gasteiger partial charge in [-0.3, -0.25) is 4.79 Å². The van der Waals surface area contributed by atoms with E-state index in [1.165, 1.54) is 18.9 Å². The topological polar surface area (TPSA) is 50.1 Å². The average Bonchev–Trinajstić information content (AvgIpc) is 2.31. The molecule has 1 atom stereocenters. The van der Waals surface area contributed by atoms with Gasteiger partial charge in [-0.05, 0) is 18.2 Å². The molecule has 17 heavy (non-hydrogen) atoms. The van der Waals surface area contributed by atoms with E-state index in [-0.39, 0.29) is 11.2 Å². The lowest BCUT2D eigenvalue weighted by atomic mass is 10.2. The minimum atomic E-state index is -0.241. The molecule has 0 saturated carbocycles. The molecule has 0 aliphatic heterocycles. The normalized spacial score (nSPS) is 11.6. The van der Waals surface area contributed by atoms with Gasteiger partial charge in [0.25, 0.3) is 0 Å². The molecule has 0 spiro atoms. The van der Waals surface area contributed by atoms with E-state index in [1.807, 2.05) is 13.0 Å². The molecule has 0 heterocycles. The van der Waals surface area contributed by atoms with Crippen molar-refractivity contribution in [3.63, 3.8) is 0 Å². The molecule has 90 valence electrons. The lowest BCUT2D eigenvalue weighted by Crippen LogP contribution is -2.08. The van der Waals surface area contributed by atoms with E-state index in [0.717, 1.165) is 4.90 Å². The lowest BCUT2D eigenvalue weighted by molar-refractivity contribution is -0.140. The summed E-state index contributed by atoms with van der Waals surface area (Å²) in [5.74, 6) is -0.241. The summed E-state index contributed by atoms with van der Waals surface area (Å²) in [5, 5.41) is 9.32. The third-order valence-corrected chi connectivity index (χ3v) is 3.67. The highest BCUT2D eigenvalue weighted by Gasteiger charge is 2.12. The molecule has 0 N–H and O–H groups in total. The van der Waals surface area contributed by atoms with Crippen molar-refractivity contribution >= 4 is 29.3 Å². The second-order valence-electron chi connectivity index (χ2n) is 3.47. The summed E-state index contributed by atoms with van der Waals surface area (Å²) in [6.45, 7) is 1.93. The molecule has 5 heteroatoms. The van der Waals surface area contributed by atoms with Crippen molar-refractivity contribution < 1.29 is 9.53 Å². The Kier molecular flexibility index (Phi) is 5.33. The number of nitrogens with zero attached hydrogens (tertiary/aromatic N) is 1. The average molecular weight is 270 g/mol. The van der Waals surface area contributed by atoms with Crippen LogP contribution in [0.15, 0.2) is 23.1 Å². The Hall–Kier alpha value is -1.18. The maximum Gasteiger partial charge on any atom is 0.306 e. The van der Waals surface area contributed by atoms with Crippen LogP contribution in [0.3, 0.4) is 0 Å². The number of benzene rings is 1. The maximum atomic E-state index is 11.1.